The molecule has 2 aromatic carbocycles. The molecule has 202 valence electrons. The number of fused-ring (bicyclic) bond motifs is 1. The van der Waals surface area contributed by atoms with Crippen LogP contribution in [0.2, 0.25) is 0 Å². The Morgan fingerprint density at radius 1 is 1.05 bits per heavy atom. The lowest BCUT2D eigenvalue weighted by Gasteiger charge is -2.42. The number of carbonyl (C=O) groups is 1. The quantitative estimate of drug-likeness (QED) is 0.288. The average molecular weight is 517 g/mol. The van der Waals surface area contributed by atoms with E-state index in [1.54, 1.807) is 18.3 Å². The number of hydrogen-bond acceptors (Lipinski definition) is 6. The van der Waals surface area contributed by atoms with Gasteiger partial charge in [0.2, 0.25) is 5.95 Å². The third-order valence-electron chi connectivity index (χ3n) is 7.18. The van der Waals surface area contributed by atoms with Crippen LogP contribution in [0.25, 0.3) is 11.0 Å². The second-order valence-corrected chi connectivity index (χ2v) is 10.7. The Labute approximate surface area is 227 Å². The highest BCUT2D eigenvalue weighted by molar-refractivity contribution is 5.93. The molecule has 1 saturated heterocycles. The number of aryl methyl sites for hydroxylation is 2. The summed E-state index contributed by atoms with van der Waals surface area (Å²) in [6.45, 7) is 12.6. The summed E-state index contributed by atoms with van der Waals surface area (Å²) in [7, 11) is 1.99. The summed E-state index contributed by atoms with van der Waals surface area (Å²) >= 11 is 0. The van der Waals surface area contributed by atoms with Gasteiger partial charge in [0.1, 0.15) is 17.2 Å². The smallest absolute Gasteiger partial charge is 0.270 e. The lowest BCUT2D eigenvalue weighted by Crippen LogP contribution is -2.61. The molecule has 8 nitrogen and oxygen atoms in total. The monoisotopic (exact) mass is 516 g/mol. The van der Waals surface area contributed by atoms with Gasteiger partial charge >= 0.3 is 0 Å². The van der Waals surface area contributed by atoms with Crippen LogP contribution in [0.3, 0.4) is 0 Å². The van der Waals surface area contributed by atoms with E-state index >= 15 is 0 Å². The van der Waals surface area contributed by atoms with Gasteiger partial charge in [0.15, 0.2) is 0 Å². The molecule has 1 aliphatic rings. The number of pyridine rings is 1. The molecule has 38 heavy (non-hydrogen) atoms. The SMILES string of the molecule is Cc1ccc(Nc2nc3cc(Oc4ccnc(C(=O)NC5CN(C(C)C)C5)c4)ccc3n2C)cc1C(C)C.[HH].[HH]. The zero-order chi connectivity index (χ0) is 27.0. The van der Waals surface area contributed by atoms with Crippen molar-refractivity contribution in [2.24, 2.45) is 7.05 Å². The molecule has 0 atom stereocenters. The molecule has 4 aromatic rings. The van der Waals surface area contributed by atoms with Gasteiger partial charge in [0.05, 0.1) is 17.1 Å². The predicted octanol–water partition coefficient (Wildman–Crippen LogP) is 6.25. The minimum atomic E-state index is -0.184. The third kappa shape index (κ3) is 5.36. The van der Waals surface area contributed by atoms with Crippen molar-refractivity contribution in [3.63, 3.8) is 0 Å². The Morgan fingerprint density at radius 2 is 1.82 bits per heavy atom. The molecular weight excluding hydrogens is 476 g/mol. The largest absolute Gasteiger partial charge is 0.457 e. The average Bonchev–Trinajstić information content (AvgIpc) is 3.16. The summed E-state index contributed by atoms with van der Waals surface area (Å²) in [5.74, 6) is 2.22. The molecule has 2 N–H and O–H groups in total. The zero-order valence-electron chi connectivity index (χ0n) is 22.9. The highest BCUT2D eigenvalue weighted by atomic mass is 16.5. The molecule has 0 radical (unpaired) electrons. The van der Waals surface area contributed by atoms with Gasteiger partial charge in [0, 0.05) is 53.0 Å². The first kappa shape index (κ1) is 25.7. The molecule has 0 bridgehead atoms. The number of aromatic nitrogens is 3. The van der Waals surface area contributed by atoms with Gasteiger partial charge in [-0.2, -0.15) is 0 Å². The van der Waals surface area contributed by atoms with E-state index in [-0.39, 0.29) is 14.8 Å². The molecule has 2 aromatic heterocycles. The number of benzene rings is 2. The number of amides is 1. The number of ether oxygens (including phenoxy) is 1. The van der Waals surface area contributed by atoms with Gasteiger partial charge in [0.25, 0.3) is 5.91 Å². The molecule has 5 rings (SSSR count). The number of anilines is 2. The summed E-state index contributed by atoms with van der Waals surface area (Å²) in [6.07, 6.45) is 1.60. The molecule has 3 heterocycles. The predicted molar refractivity (Wildman–Crippen MR) is 156 cm³/mol. The molecule has 0 aliphatic carbocycles. The van der Waals surface area contributed by atoms with Crippen LogP contribution in [0.15, 0.2) is 54.7 Å². The molecule has 1 amide bonds. The van der Waals surface area contributed by atoms with Crippen LogP contribution in [-0.4, -0.2) is 50.5 Å². The summed E-state index contributed by atoms with van der Waals surface area (Å²) in [5, 5.41) is 6.52. The lowest BCUT2D eigenvalue weighted by molar-refractivity contribution is 0.0710. The van der Waals surface area contributed by atoms with E-state index in [9.17, 15) is 4.79 Å². The fraction of sp³-hybridized carbons (Fsp3) is 0.367. The van der Waals surface area contributed by atoms with Gasteiger partial charge in [-0.1, -0.05) is 19.9 Å². The Hall–Kier alpha value is -3.91. The Bertz CT molecular complexity index is 1480. The maximum absolute atomic E-state index is 12.7. The fourth-order valence-corrected chi connectivity index (χ4v) is 4.84. The maximum Gasteiger partial charge on any atom is 0.270 e. The van der Waals surface area contributed by atoms with Gasteiger partial charge in [-0.3, -0.25) is 14.7 Å². The first-order valence-corrected chi connectivity index (χ1v) is 13.2. The fourth-order valence-electron chi connectivity index (χ4n) is 4.84. The van der Waals surface area contributed by atoms with Gasteiger partial charge in [-0.25, -0.2) is 4.98 Å². The number of carbonyl (C=O) groups excluding carboxylic acids is 1. The van der Waals surface area contributed by atoms with Crippen molar-refractivity contribution in [1.82, 2.24) is 24.8 Å². The van der Waals surface area contributed by atoms with E-state index in [0.717, 1.165) is 35.8 Å². The highest BCUT2D eigenvalue weighted by Gasteiger charge is 2.30. The Balaban J connectivity index is 0.00000220. The summed E-state index contributed by atoms with van der Waals surface area (Å²) in [5.41, 5.74) is 5.76. The van der Waals surface area contributed by atoms with Crippen LogP contribution in [-0.2, 0) is 7.05 Å². The number of hydrogen-bond donors (Lipinski definition) is 2. The van der Waals surface area contributed by atoms with Crippen molar-refractivity contribution >= 4 is 28.6 Å². The van der Waals surface area contributed by atoms with E-state index < -0.39 is 0 Å². The van der Waals surface area contributed by atoms with E-state index in [0.29, 0.717) is 29.2 Å². The first-order chi connectivity index (χ1) is 18.2. The minimum Gasteiger partial charge on any atom is -0.457 e. The van der Waals surface area contributed by atoms with Crippen LogP contribution in [0.4, 0.5) is 11.6 Å². The van der Waals surface area contributed by atoms with Crippen LogP contribution in [0.1, 0.15) is 58.1 Å². The van der Waals surface area contributed by atoms with E-state index in [2.05, 4.69) is 73.3 Å². The van der Waals surface area contributed by atoms with E-state index in [1.807, 2.05) is 29.8 Å². The van der Waals surface area contributed by atoms with Gasteiger partial charge in [-0.15, -0.1) is 0 Å². The van der Waals surface area contributed by atoms with Crippen LogP contribution < -0.4 is 15.4 Å². The van der Waals surface area contributed by atoms with Crippen molar-refractivity contribution in [3.8, 4) is 11.5 Å². The standard InChI is InChI=1S/C30H36N6O2.2H2/c1-18(2)25-13-21(8-7-20(25)5)33-30-34-26-14-23(9-10-28(26)35(30)6)38-24-11-12-31-27(15-24)29(37)32-22-16-36(17-22)19(3)4;;/h7-15,18-19,22H,16-17H2,1-6H3,(H,32,37)(H,33,34);2*1H. The Kier molecular flexibility index (Phi) is 7.08. The summed E-state index contributed by atoms with van der Waals surface area (Å²) in [6, 6.07) is 16.3. The molecule has 0 spiro atoms. The zero-order valence-corrected chi connectivity index (χ0v) is 22.9. The van der Waals surface area contributed by atoms with Crippen molar-refractivity contribution < 1.29 is 12.4 Å². The van der Waals surface area contributed by atoms with Gasteiger partial charge in [-0.05, 0) is 68.1 Å². The maximum atomic E-state index is 12.7. The van der Waals surface area contributed by atoms with Crippen LogP contribution >= 0.6 is 0 Å². The minimum absolute atomic E-state index is 0. The second-order valence-electron chi connectivity index (χ2n) is 10.7. The Morgan fingerprint density at radius 3 is 2.55 bits per heavy atom. The van der Waals surface area contributed by atoms with Crippen molar-refractivity contribution in [1.29, 1.82) is 0 Å². The van der Waals surface area contributed by atoms with E-state index in [4.69, 9.17) is 9.72 Å². The van der Waals surface area contributed by atoms with Crippen molar-refractivity contribution in [3.05, 3.63) is 71.5 Å². The van der Waals surface area contributed by atoms with Crippen molar-refractivity contribution in [2.75, 3.05) is 18.4 Å². The van der Waals surface area contributed by atoms with E-state index in [1.165, 1.54) is 11.1 Å². The second kappa shape index (κ2) is 10.5. The molecule has 0 saturated carbocycles. The first-order valence-electron chi connectivity index (χ1n) is 13.2. The highest BCUT2D eigenvalue weighted by Crippen LogP contribution is 2.29. The summed E-state index contributed by atoms with van der Waals surface area (Å²) < 4.78 is 8.13. The lowest BCUT2D eigenvalue weighted by atomic mass is 9.97. The molecule has 8 heteroatoms. The number of nitrogens with one attached hydrogen (secondary N) is 2. The molecule has 1 fully saturated rings. The number of rotatable bonds is 8. The molecule has 0 unspecified atom stereocenters. The number of nitrogens with zero attached hydrogens (tertiary/aromatic N) is 4. The van der Waals surface area contributed by atoms with Crippen LogP contribution in [0.5, 0.6) is 11.5 Å². The van der Waals surface area contributed by atoms with Crippen molar-refractivity contribution in [2.45, 2.75) is 52.6 Å². The third-order valence-corrected chi connectivity index (χ3v) is 7.18. The number of imidazole rings is 1. The summed E-state index contributed by atoms with van der Waals surface area (Å²) in [4.78, 5) is 24.1. The topological polar surface area (TPSA) is 84.3 Å². The normalized spacial score (nSPS) is 14.2. The number of likely N-dealkylation sites (tertiary alicyclic amines) is 1. The molecular formula is C30H40N6O2. The van der Waals surface area contributed by atoms with Crippen LogP contribution in [0, 0.1) is 6.92 Å². The molecule has 1 aliphatic heterocycles. The van der Waals surface area contributed by atoms with Gasteiger partial charge < -0.3 is 19.9 Å².